The van der Waals surface area contributed by atoms with Gasteiger partial charge in [-0.25, -0.2) is 0 Å². The van der Waals surface area contributed by atoms with Crippen molar-refractivity contribution in [2.75, 3.05) is 20.2 Å². The quantitative estimate of drug-likeness (QED) is 0.752. The van der Waals surface area contributed by atoms with E-state index in [9.17, 15) is 4.79 Å². The average Bonchev–Trinajstić information content (AvgIpc) is 2.45. The predicted molar refractivity (Wildman–Crippen MR) is 77.5 cm³/mol. The van der Waals surface area contributed by atoms with E-state index in [0.29, 0.717) is 19.1 Å². The molecule has 0 aliphatic rings. The van der Waals surface area contributed by atoms with Crippen molar-refractivity contribution in [1.82, 2.24) is 10.6 Å². The molecule has 0 saturated carbocycles. The largest absolute Gasteiger partial charge is 0.497 e. The third-order valence-corrected chi connectivity index (χ3v) is 3.12. The molecule has 1 rings (SSSR count). The number of methoxy groups -OCH3 is 1. The Bertz CT molecular complexity index is 376. The molecule has 4 heteroatoms. The number of benzene rings is 1. The van der Waals surface area contributed by atoms with Gasteiger partial charge in [-0.15, -0.1) is 0 Å². The van der Waals surface area contributed by atoms with Crippen molar-refractivity contribution in [3.63, 3.8) is 0 Å². The zero-order valence-corrected chi connectivity index (χ0v) is 12.0. The Morgan fingerprint density at radius 2 is 2.00 bits per heavy atom. The van der Waals surface area contributed by atoms with Crippen LogP contribution in [0.2, 0.25) is 0 Å². The van der Waals surface area contributed by atoms with E-state index in [4.69, 9.17) is 4.74 Å². The summed E-state index contributed by atoms with van der Waals surface area (Å²) < 4.78 is 5.10. The highest BCUT2D eigenvalue weighted by atomic mass is 16.5. The topological polar surface area (TPSA) is 50.4 Å². The summed E-state index contributed by atoms with van der Waals surface area (Å²) in [5.74, 6) is 0.902. The molecule has 0 heterocycles. The van der Waals surface area contributed by atoms with E-state index in [2.05, 4.69) is 24.5 Å². The molecule has 0 fully saturated rings. The van der Waals surface area contributed by atoms with Gasteiger partial charge in [-0.3, -0.25) is 4.79 Å². The van der Waals surface area contributed by atoms with Gasteiger partial charge in [0.1, 0.15) is 5.75 Å². The third kappa shape index (κ3) is 6.25. The van der Waals surface area contributed by atoms with Crippen molar-refractivity contribution in [2.45, 2.75) is 32.7 Å². The fourth-order valence-corrected chi connectivity index (χ4v) is 1.61. The fraction of sp³-hybridized carbons (Fsp3) is 0.533. The Kier molecular flexibility index (Phi) is 6.97. The minimum atomic E-state index is 0.0498. The van der Waals surface area contributed by atoms with Crippen molar-refractivity contribution in [3.8, 4) is 5.75 Å². The summed E-state index contributed by atoms with van der Waals surface area (Å²) in [6.45, 7) is 5.22. The standard InChI is InChI=1S/C15H24N2O2/c1-4-12(2)17-11-15(18)16-10-9-13-5-7-14(19-3)8-6-13/h5-8,12,17H,4,9-11H2,1-3H3,(H,16,18). The van der Waals surface area contributed by atoms with Gasteiger partial charge in [0.05, 0.1) is 13.7 Å². The van der Waals surface area contributed by atoms with Crippen LogP contribution in [0.15, 0.2) is 24.3 Å². The van der Waals surface area contributed by atoms with Gasteiger partial charge in [0.15, 0.2) is 0 Å². The number of nitrogens with one attached hydrogen (secondary N) is 2. The highest BCUT2D eigenvalue weighted by molar-refractivity contribution is 5.78. The van der Waals surface area contributed by atoms with Crippen molar-refractivity contribution in [2.24, 2.45) is 0 Å². The van der Waals surface area contributed by atoms with Gasteiger partial charge >= 0.3 is 0 Å². The summed E-state index contributed by atoms with van der Waals surface area (Å²) >= 11 is 0. The van der Waals surface area contributed by atoms with Gasteiger partial charge in [-0.2, -0.15) is 0 Å². The van der Waals surface area contributed by atoms with Crippen LogP contribution in [0.25, 0.3) is 0 Å². The van der Waals surface area contributed by atoms with Crippen LogP contribution in [0, 0.1) is 0 Å². The molecule has 0 bridgehead atoms. The molecule has 106 valence electrons. The van der Waals surface area contributed by atoms with Crippen molar-refractivity contribution >= 4 is 5.91 Å². The zero-order valence-electron chi connectivity index (χ0n) is 12.0. The number of rotatable bonds is 8. The number of hydrogen-bond acceptors (Lipinski definition) is 3. The molecule has 19 heavy (non-hydrogen) atoms. The highest BCUT2D eigenvalue weighted by Crippen LogP contribution is 2.11. The van der Waals surface area contributed by atoms with E-state index in [-0.39, 0.29) is 5.91 Å². The highest BCUT2D eigenvalue weighted by Gasteiger charge is 2.03. The number of hydrogen-bond donors (Lipinski definition) is 2. The van der Waals surface area contributed by atoms with E-state index in [1.807, 2.05) is 24.3 Å². The van der Waals surface area contributed by atoms with E-state index in [0.717, 1.165) is 18.6 Å². The second kappa shape index (κ2) is 8.53. The first-order valence-corrected chi connectivity index (χ1v) is 6.78. The van der Waals surface area contributed by atoms with Crippen LogP contribution in [-0.4, -0.2) is 32.1 Å². The summed E-state index contributed by atoms with van der Waals surface area (Å²) in [4.78, 5) is 11.6. The first kappa shape index (κ1) is 15.5. The Morgan fingerprint density at radius 3 is 2.58 bits per heavy atom. The molecule has 1 aromatic carbocycles. The number of carbonyl (C=O) groups is 1. The lowest BCUT2D eigenvalue weighted by Crippen LogP contribution is -2.38. The fourth-order valence-electron chi connectivity index (χ4n) is 1.61. The smallest absolute Gasteiger partial charge is 0.233 e. The molecule has 1 unspecified atom stereocenters. The predicted octanol–water partition coefficient (Wildman–Crippen LogP) is 1.74. The van der Waals surface area contributed by atoms with Crippen molar-refractivity contribution < 1.29 is 9.53 Å². The van der Waals surface area contributed by atoms with E-state index < -0.39 is 0 Å². The molecular weight excluding hydrogens is 240 g/mol. The van der Waals surface area contributed by atoms with Gasteiger partial charge in [0.2, 0.25) is 5.91 Å². The van der Waals surface area contributed by atoms with E-state index >= 15 is 0 Å². The van der Waals surface area contributed by atoms with Gasteiger partial charge in [0.25, 0.3) is 0 Å². The Balaban J connectivity index is 2.20. The first-order chi connectivity index (χ1) is 9.15. The molecule has 0 aliphatic heterocycles. The minimum absolute atomic E-state index is 0.0498. The van der Waals surface area contributed by atoms with Crippen LogP contribution < -0.4 is 15.4 Å². The van der Waals surface area contributed by atoms with E-state index in [1.165, 1.54) is 5.56 Å². The first-order valence-electron chi connectivity index (χ1n) is 6.78. The van der Waals surface area contributed by atoms with Crippen LogP contribution in [0.4, 0.5) is 0 Å². The maximum atomic E-state index is 11.6. The lowest BCUT2D eigenvalue weighted by molar-refractivity contribution is -0.120. The summed E-state index contributed by atoms with van der Waals surface area (Å²) in [7, 11) is 1.65. The van der Waals surface area contributed by atoms with Gasteiger partial charge < -0.3 is 15.4 Å². The van der Waals surface area contributed by atoms with E-state index in [1.54, 1.807) is 7.11 Å². The molecule has 4 nitrogen and oxygen atoms in total. The monoisotopic (exact) mass is 264 g/mol. The normalized spacial score (nSPS) is 11.9. The van der Waals surface area contributed by atoms with Crippen LogP contribution in [0.5, 0.6) is 5.75 Å². The van der Waals surface area contributed by atoms with Crippen LogP contribution in [0.3, 0.4) is 0 Å². The van der Waals surface area contributed by atoms with Crippen LogP contribution in [-0.2, 0) is 11.2 Å². The zero-order chi connectivity index (χ0) is 14.1. The lowest BCUT2D eigenvalue weighted by Gasteiger charge is -2.11. The molecule has 0 spiro atoms. The average molecular weight is 264 g/mol. The molecule has 1 atom stereocenters. The number of amides is 1. The summed E-state index contributed by atoms with van der Waals surface area (Å²) in [6.07, 6.45) is 1.86. The molecule has 0 radical (unpaired) electrons. The number of ether oxygens (including phenoxy) is 1. The molecule has 0 aliphatic carbocycles. The molecule has 1 amide bonds. The summed E-state index contributed by atoms with van der Waals surface area (Å²) in [5, 5.41) is 6.07. The number of carbonyl (C=O) groups excluding carboxylic acids is 1. The third-order valence-electron chi connectivity index (χ3n) is 3.12. The molecule has 2 N–H and O–H groups in total. The van der Waals surface area contributed by atoms with Crippen molar-refractivity contribution in [1.29, 1.82) is 0 Å². The molecule has 1 aromatic rings. The molecular formula is C15H24N2O2. The summed E-state index contributed by atoms with van der Waals surface area (Å²) in [5.41, 5.74) is 1.19. The summed E-state index contributed by atoms with van der Waals surface area (Å²) in [6, 6.07) is 8.28. The van der Waals surface area contributed by atoms with Gasteiger partial charge in [0, 0.05) is 12.6 Å². The lowest BCUT2D eigenvalue weighted by atomic mass is 10.1. The second-order valence-corrected chi connectivity index (χ2v) is 4.64. The maximum Gasteiger partial charge on any atom is 0.233 e. The maximum absolute atomic E-state index is 11.6. The molecule has 0 aromatic heterocycles. The minimum Gasteiger partial charge on any atom is -0.497 e. The van der Waals surface area contributed by atoms with Crippen LogP contribution in [0.1, 0.15) is 25.8 Å². The second-order valence-electron chi connectivity index (χ2n) is 4.64. The van der Waals surface area contributed by atoms with Gasteiger partial charge in [-0.05, 0) is 37.5 Å². The SMILES string of the molecule is CCC(C)NCC(=O)NCCc1ccc(OC)cc1. The van der Waals surface area contributed by atoms with Gasteiger partial charge in [-0.1, -0.05) is 19.1 Å². The Hall–Kier alpha value is -1.55. The Morgan fingerprint density at radius 1 is 1.32 bits per heavy atom. The van der Waals surface area contributed by atoms with Crippen molar-refractivity contribution in [3.05, 3.63) is 29.8 Å². The Labute approximate surface area is 115 Å². The van der Waals surface area contributed by atoms with Crippen LogP contribution >= 0.6 is 0 Å². The molecule has 0 saturated heterocycles.